The second-order valence-corrected chi connectivity index (χ2v) is 7.20. The molecule has 0 atom stereocenters. The van der Waals surface area contributed by atoms with Crippen molar-refractivity contribution >= 4 is 29.1 Å². The lowest BCUT2D eigenvalue weighted by molar-refractivity contribution is -0.117. The van der Waals surface area contributed by atoms with Gasteiger partial charge in [0.15, 0.2) is 0 Å². The zero-order valence-electron chi connectivity index (χ0n) is 14.2. The summed E-state index contributed by atoms with van der Waals surface area (Å²) < 4.78 is 1.77. The van der Waals surface area contributed by atoms with Crippen LogP contribution in [-0.4, -0.2) is 25.5 Å². The number of amides is 1. The molecule has 0 unspecified atom stereocenters. The first kappa shape index (κ1) is 16.1. The number of hydrogen-bond donors (Lipinski definition) is 1. The van der Waals surface area contributed by atoms with Crippen molar-refractivity contribution in [2.45, 2.75) is 43.0 Å². The van der Waals surface area contributed by atoms with Gasteiger partial charge >= 0.3 is 0 Å². The van der Waals surface area contributed by atoms with Crippen LogP contribution < -0.4 is 5.32 Å². The molecule has 25 heavy (non-hydrogen) atoms. The molecule has 0 bridgehead atoms. The van der Waals surface area contributed by atoms with Crippen molar-refractivity contribution in [3.63, 3.8) is 0 Å². The standard InChI is InChI=1S/C18H19N5OS/c1-3-13-11(2)21-18-19-10-20-23(18)17(13)25-15-7-5-4-6-14(15)22-16(24)12-8-9-12/h4-7,10,12H,3,8-9H2,1-2H3,(H,22,24). The molecule has 2 aromatic heterocycles. The lowest BCUT2D eigenvalue weighted by Gasteiger charge is -2.14. The number of aromatic nitrogens is 4. The van der Waals surface area contributed by atoms with E-state index in [2.05, 4.69) is 27.3 Å². The first-order valence-electron chi connectivity index (χ1n) is 8.44. The van der Waals surface area contributed by atoms with Crippen LogP contribution in [-0.2, 0) is 11.2 Å². The number of rotatable bonds is 5. The summed E-state index contributed by atoms with van der Waals surface area (Å²) in [4.78, 5) is 21.9. The molecule has 4 rings (SSSR count). The smallest absolute Gasteiger partial charge is 0.253 e. The van der Waals surface area contributed by atoms with E-state index in [9.17, 15) is 4.79 Å². The van der Waals surface area contributed by atoms with Crippen LogP contribution in [0.3, 0.4) is 0 Å². The Morgan fingerprint density at radius 1 is 1.36 bits per heavy atom. The number of benzene rings is 1. The fourth-order valence-corrected chi connectivity index (χ4v) is 4.02. The number of nitrogens with zero attached hydrogens (tertiary/aromatic N) is 4. The van der Waals surface area contributed by atoms with E-state index in [1.165, 1.54) is 6.33 Å². The summed E-state index contributed by atoms with van der Waals surface area (Å²) in [5, 5.41) is 8.39. The summed E-state index contributed by atoms with van der Waals surface area (Å²) in [6.45, 7) is 4.11. The van der Waals surface area contributed by atoms with Gasteiger partial charge in [0, 0.05) is 22.1 Å². The Labute approximate surface area is 150 Å². The van der Waals surface area contributed by atoms with Crippen molar-refractivity contribution in [2.24, 2.45) is 5.92 Å². The van der Waals surface area contributed by atoms with Crippen LogP contribution in [0.25, 0.3) is 5.78 Å². The highest BCUT2D eigenvalue weighted by molar-refractivity contribution is 7.99. The highest BCUT2D eigenvalue weighted by Gasteiger charge is 2.30. The van der Waals surface area contributed by atoms with E-state index in [0.717, 1.165) is 46.1 Å². The molecule has 6 nitrogen and oxygen atoms in total. The van der Waals surface area contributed by atoms with Crippen molar-refractivity contribution in [3.05, 3.63) is 41.9 Å². The monoisotopic (exact) mass is 353 g/mol. The van der Waals surface area contributed by atoms with E-state index in [4.69, 9.17) is 0 Å². The minimum Gasteiger partial charge on any atom is -0.325 e. The van der Waals surface area contributed by atoms with E-state index in [1.807, 2.05) is 31.2 Å². The van der Waals surface area contributed by atoms with Gasteiger partial charge in [0.1, 0.15) is 11.4 Å². The van der Waals surface area contributed by atoms with Crippen LogP contribution >= 0.6 is 11.8 Å². The Morgan fingerprint density at radius 2 is 2.16 bits per heavy atom. The van der Waals surface area contributed by atoms with Gasteiger partial charge in [0.2, 0.25) is 5.91 Å². The first-order chi connectivity index (χ1) is 12.2. The average Bonchev–Trinajstić information content (AvgIpc) is 3.36. The third-order valence-corrected chi connectivity index (χ3v) is 5.53. The third kappa shape index (κ3) is 3.11. The topological polar surface area (TPSA) is 72.2 Å². The van der Waals surface area contributed by atoms with Crippen molar-refractivity contribution in [3.8, 4) is 0 Å². The lowest BCUT2D eigenvalue weighted by atomic mass is 10.2. The Morgan fingerprint density at radius 3 is 2.92 bits per heavy atom. The number of aryl methyl sites for hydroxylation is 1. The summed E-state index contributed by atoms with van der Waals surface area (Å²) in [6, 6.07) is 7.88. The van der Waals surface area contributed by atoms with Crippen molar-refractivity contribution in [2.75, 3.05) is 5.32 Å². The van der Waals surface area contributed by atoms with Crippen LogP contribution in [0.1, 0.15) is 31.0 Å². The van der Waals surface area contributed by atoms with Crippen LogP contribution in [0.4, 0.5) is 5.69 Å². The summed E-state index contributed by atoms with van der Waals surface area (Å²) in [5.74, 6) is 0.881. The zero-order chi connectivity index (χ0) is 17.4. The van der Waals surface area contributed by atoms with Gasteiger partial charge in [0.25, 0.3) is 5.78 Å². The van der Waals surface area contributed by atoms with E-state index >= 15 is 0 Å². The van der Waals surface area contributed by atoms with E-state index in [1.54, 1.807) is 16.3 Å². The van der Waals surface area contributed by atoms with E-state index < -0.39 is 0 Å². The Hall–Kier alpha value is -2.41. The number of nitrogens with one attached hydrogen (secondary N) is 1. The number of anilines is 1. The fraction of sp³-hybridized carbons (Fsp3) is 0.333. The van der Waals surface area contributed by atoms with Crippen LogP contribution in [0.2, 0.25) is 0 Å². The van der Waals surface area contributed by atoms with Crippen molar-refractivity contribution in [1.82, 2.24) is 19.6 Å². The van der Waals surface area contributed by atoms with Gasteiger partial charge in [-0.05, 0) is 38.3 Å². The molecular formula is C18H19N5OS. The van der Waals surface area contributed by atoms with Gasteiger partial charge in [-0.1, -0.05) is 30.8 Å². The van der Waals surface area contributed by atoms with Crippen molar-refractivity contribution < 1.29 is 4.79 Å². The molecule has 0 radical (unpaired) electrons. The summed E-state index contributed by atoms with van der Waals surface area (Å²) in [5.41, 5.74) is 2.95. The number of para-hydroxylation sites is 1. The fourth-order valence-electron chi connectivity index (χ4n) is 2.81. The molecule has 0 saturated heterocycles. The van der Waals surface area contributed by atoms with Gasteiger partial charge < -0.3 is 5.32 Å². The molecular weight excluding hydrogens is 334 g/mol. The maximum absolute atomic E-state index is 12.2. The normalized spacial score (nSPS) is 14.0. The quantitative estimate of drug-likeness (QED) is 0.711. The minimum absolute atomic E-state index is 0.112. The zero-order valence-corrected chi connectivity index (χ0v) is 15.0. The molecule has 0 spiro atoms. The minimum atomic E-state index is 0.112. The molecule has 1 amide bonds. The highest BCUT2D eigenvalue weighted by atomic mass is 32.2. The Balaban J connectivity index is 1.74. The molecule has 1 aliphatic carbocycles. The van der Waals surface area contributed by atoms with Crippen LogP contribution in [0.5, 0.6) is 0 Å². The molecule has 7 heteroatoms. The van der Waals surface area contributed by atoms with Crippen LogP contribution in [0, 0.1) is 12.8 Å². The SMILES string of the molecule is CCc1c(C)nc2ncnn2c1Sc1ccccc1NC(=O)C1CC1. The lowest BCUT2D eigenvalue weighted by Crippen LogP contribution is -2.14. The first-order valence-corrected chi connectivity index (χ1v) is 9.26. The maximum atomic E-state index is 12.2. The molecule has 0 aliphatic heterocycles. The Bertz CT molecular complexity index is 948. The van der Waals surface area contributed by atoms with Gasteiger partial charge in [-0.2, -0.15) is 14.6 Å². The molecule has 1 aromatic carbocycles. The van der Waals surface area contributed by atoms with E-state index in [0.29, 0.717) is 5.78 Å². The molecule has 2 heterocycles. The maximum Gasteiger partial charge on any atom is 0.253 e. The summed E-state index contributed by atoms with van der Waals surface area (Å²) in [6.07, 6.45) is 4.36. The largest absolute Gasteiger partial charge is 0.325 e. The highest BCUT2D eigenvalue weighted by Crippen LogP contribution is 2.37. The van der Waals surface area contributed by atoms with Gasteiger partial charge in [-0.3, -0.25) is 4.79 Å². The van der Waals surface area contributed by atoms with Gasteiger partial charge in [-0.25, -0.2) is 4.98 Å². The molecule has 1 saturated carbocycles. The average molecular weight is 353 g/mol. The third-order valence-electron chi connectivity index (χ3n) is 4.34. The number of hydrogen-bond acceptors (Lipinski definition) is 5. The predicted molar refractivity (Wildman–Crippen MR) is 96.8 cm³/mol. The number of carbonyl (C=O) groups excluding carboxylic acids is 1. The molecule has 1 N–H and O–H groups in total. The second-order valence-electron chi connectivity index (χ2n) is 6.17. The number of fused-ring (bicyclic) bond motifs is 1. The predicted octanol–water partition coefficient (Wildman–Crippen LogP) is 3.49. The molecule has 128 valence electrons. The molecule has 1 aliphatic rings. The second kappa shape index (κ2) is 6.48. The van der Waals surface area contributed by atoms with Gasteiger partial charge in [0.05, 0.1) is 5.69 Å². The number of carbonyl (C=O) groups is 1. The summed E-state index contributed by atoms with van der Waals surface area (Å²) >= 11 is 1.59. The molecule has 1 fully saturated rings. The van der Waals surface area contributed by atoms with Crippen LogP contribution in [0.15, 0.2) is 40.5 Å². The molecule has 3 aromatic rings. The summed E-state index contributed by atoms with van der Waals surface area (Å²) in [7, 11) is 0. The van der Waals surface area contributed by atoms with Gasteiger partial charge in [-0.15, -0.1) is 0 Å². The Kier molecular flexibility index (Phi) is 4.17. The van der Waals surface area contributed by atoms with Crippen molar-refractivity contribution in [1.29, 1.82) is 0 Å². The van der Waals surface area contributed by atoms with E-state index in [-0.39, 0.29) is 11.8 Å².